The SMILES string of the molecule is CCOC(=O)N1CCC(NC)C(OCC2CC2)C1. The van der Waals surface area contributed by atoms with Gasteiger partial charge < -0.3 is 19.7 Å². The van der Waals surface area contributed by atoms with Gasteiger partial charge in [0.05, 0.1) is 19.3 Å². The largest absolute Gasteiger partial charge is 0.450 e. The van der Waals surface area contributed by atoms with Crippen LogP contribution in [-0.4, -0.2) is 56.5 Å². The molecule has 0 spiro atoms. The van der Waals surface area contributed by atoms with Gasteiger partial charge in [-0.1, -0.05) is 0 Å². The molecule has 1 aliphatic heterocycles. The molecule has 0 aromatic heterocycles. The van der Waals surface area contributed by atoms with Gasteiger partial charge in [0, 0.05) is 19.2 Å². The molecule has 5 heteroatoms. The summed E-state index contributed by atoms with van der Waals surface area (Å²) in [6.45, 7) is 4.47. The van der Waals surface area contributed by atoms with E-state index in [9.17, 15) is 4.79 Å². The van der Waals surface area contributed by atoms with E-state index in [4.69, 9.17) is 9.47 Å². The Bertz CT molecular complexity index is 281. The quantitative estimate of drug-likeness (QED) is 0.804. The number of likely N-dealkylation sites (N-methyl/N-ethyl adjacent to an activating group) is 1. The van der Waals surface area contributed by atoms with Crippen molar-refractivity contribution >= 4 is 6.09 Å². The number of likely N-dealkylation sites (tertiary alicyclic amines) is 1. The molecule has 2 rings (SSSR count). The zero-order valence-corrected chi connectivity index (χ0v) is 11.4. The Morgan fingerprint density at radius 2 is 2.17 bits per heavy atom. The predicted molar refractivity (Wildman–Crippen MR) is 68.5 cm³/mol. The van der Waals surface area contributed by atoms with Crippen molar-refractivity contribution in [2.24, 2.45) is 5.92 Å². The molecule has 1 saturated heterocycles. The molecule has 2 atom stereocenters. The molecule has 2 fully saturated rings. The zero-order chi connectivity index (χ0) is 13.0. The fourth-order valence-corrected chi connectivity index (χ4v) is 2.34. The topological polar surface area (TPSA) is 50.8 Å². The summed E-state index contributed by atoms with van der Waals surface area (Å²) in [4.78, 5) is 13.5. The van der Waals surface area contributed by atoms with Crippen LogP contribution in [0.2, 0.25) is 0 Å². The maximum absolute atomic E-state index is 11.7. The van der Waals surface area contributed by atoms with Gasteiger partial charge in [0.1, 0.15) is 0 Å². The Kier molecular flexibility index (Phi) is 4.83. The number of nitrogens with zero attached hydrogens (tertiary/aromatic N) is 1. The summed E-state index contributed by atoms with van der Waals surface area (Å²) < 4.78 is 11.0. The molecule has 1 N–H and O–H groups in total. The number of hydrogen-bond acceptors (Lipinski definition) is 4. The van der Waals surface area contributed by atoms with Gasteiger partial charge in [-0.3, -0.25) is 0 Å². The minimum atomic E-state index is -0.216. The normalized spacial score (nSPS) is 28.2. The van der Waals surface area contributed by atoms with Crippen molar-refractivity contribution in [3.8, 4) is 0 Å². The number of piperidine rings is 1. The van der Waals surface area contributed by atoms with Gasteiger partial charge in [-0.2, -0.15) is 0 Å². The summed E-state index contributed by atoms with van der Waals surface area (Å²) in [5, 5.41) is 3.29. The first-order chi connectivity index (χ1) is 8.74. The number of amides is 1. The van der Waals surface area contributed by atoms with Crippen LogP contribution in [0.3, 0.4) is 0 Å². The third-order valence-corrected chi connectivity index (χ3v) is 3.70. The van der Waals surface area contributed by atoms with Crippen LogP contribution in [-0.2, 0) is 9.47 Å². The lowest BCUT2D eigenvalue weighted by atomic mass is 10.0. The lowest BCUT2D eigenvalue weighted by Crippen LogP contribution is -2.54. The van der Waals surface area contributed by atoms with Crippen LogP contribution in [0.15, 0.2) is 0 Å². The lowest BCUT2D eigenvalue weighted by molar-refractivity contribution is -0.0236. The number of ether oxygens (including phenoxy) is 2. The van der Waals surface area contributed by atoms with E-state index in [1.807, 2.05) is 14.0 Å². The van der Waals surface area contributed by atoms with E-state index in [2.05, 4.69) is 5.32 Å². The van der Waals surface area contributed by atoms with E-state index in [0.29, 0.717) is 19.2 Å². The molecule has 1 saturated carbocycles. The first-order valence-electron chi connectivity index (χ1n) is 6.95. The number of carbonyl (C=O) groups excluding carboxylic acids is 1. The fourth-order valence-electron chi connectivity index (χ4n) is 2.34. The molecule has 0 bridgehead atoms. The molecule has 0 aromatic carbocycles. The van der Waals surface area contributed by atoms with Crippen LogP contribution in [0.25, 0.3) is 0 Å². The molecule has 104 valence electrons. The average Bonchev–Trinajstić information content (AvgIpc) is 3.20. The Morgan fingerprint density at radius 3 is 2.78 bits per heavy atom. The maximum atomic E-state index is 11.7. The molecular weight excluding hydrogens is 232 g/mol. The van der Waals surface area contributed by atoms with Crippen molar-refractivity contribution in [2.75, 3.05) is 33.4 Å². The number of carbonyl (C=O) groups is 1. The van der Waals surface area contributed by atoms with Gasteiger partial charge in [-0.25, -0.2) is 4.79 Å². The molecule has 18 heavy (non-hydrogen) atoms. The molecular formula is C13H24N2O3. The van der Waals surface area contributed by atoms with Gasteiger partial charge >= 0.3 is 6.09 Å². The molecule has 1 aliphatic carbocycles. The first kappa shape index (κ1) is 13.6. The van der Waals surface area contributed by atoms with Crippen LogP contribution in [0.1, 0.15) is 26.2 Å². The van der Waals surface area contributed by atoms with Crippen molar-refractivity contribution in [3.63, 3.8) is 0 Å². The number of hydrogen-bond donors (Lipinski definition) is 1. The van der Waals surface area contributed by atoms with Crippen molar-refractivity contribution in [1.82, 2.24) is 10.2 Å². The van der Waals surface area contributed by atoms with Crippen molar-refractivity contribution in [2.45, 2.75) is 38.3 Å². The van der Waals surface area contributed by atoms with E-state index < -0.39 is 0 Å². The van der Waals surface area contributed by atoms with Crippen molar-refractivity contribution in [1.29, 1.82) is 0 Å². The highest BCUT2D eigenvalue weighted by atomic mass is 16.6. The predicted octanol–water partition coefficient (Wildman–Crippen LogP) is 1.23. The van der Waals surface area contributed by atoms with Gasteiger partial charge in [0.15, 0.2) is 0 Å². The van der Waals surface area contributed by atoms with Gasteiger partial charge in [0.25, 0.3) is 0 Å². The fraction of sp³-hybridized carbons (Fsp3) is 0.923. The van der Waals surface area contributed by atoms with Crippen LogP contribution >= 0.6 is 0 Å². The number of nitrogens with one attached hydrogen (secondary N) is 1. The summed E-state index contributed by atoms with van der Waals surface area (Å²) in [5.74, 6) is 0.750. The zero-order valence-electron chi connectivity index (χ0n) is 11.4. The third kappa shape index (κ3) is 3.59. The molecule has 1 heterocycles. The van der Waals surface area contributed by atoms with Gasteiger partial charge in [-0.05, 0) is 39.2 Å². The summed E-state index contributed by atoms with van der Waals surface area (Å²) in [6.07, 6.45) is 3.38. The molecule has 2 unspecified atom stereocenters. The molecule has 2 aliphatic rings. The van der Waals surface area contributed by atoms with Crippen LogP contribution in [0.5, 0.6) is 0 Å². The average molecular weight is 256 g/mol. The lowest BCUT2D eigenvalue weighted by Gasteiger charge is -2.37. The second kappa shape index (κ2) is 6.38. The van der Waals surface area contributed by atoms with Crippen LogP contribution < -0.4 is 5.32 Å². The second-order valence-electron chi connectivity index (χ2n) is 5.14. The minimum Gasteiger partial charge on any atom is -0.450 e. The summed E-state index contributed by atoms with van der Waals surface area (Å²) in [6, 6.07) is 0.342. The monoisotopic (exact) mass is 256 g/mol. The number of rotatable bonds is 5. The van der Waals surface area contributed by atoms with E-state index in [1.54, 1.807) is 4.90 Å². The van der Waals surface area contributed by atoms with E-state index in [-0.39, 0.29) is 12.2 Å². The van der Waals surface area contributed by atoms with Crippen molar-refractivity contribution < 1.29 is 14.3 Å². The second-order valence-corrected chi connectivity index (χ2v) is 5.14. The smallest absolute Gasteiger partial charge is 0.409 e. The maximum Gasteiger partial charge on any atom is 0.409 e. The highest BCUT2D eigenvalue weighted by molar-refractivity contribution is 5.67. The van der Waals surface area contributed by atoms with E-state index >= 15 is 0 Å². The highest BCUT2D eigenvalue weighted by Crippen LogP contribution is 2.30. The summed E-state index contributed by atoms with van der Waals surface area (Å²) in [7, 11) is 1.96. The Labute approximate surface area is 109 Å². The Morgan fingerprint density at radius 1 is 1.39 bits per heavy atom. The van der Waals surface area contributed by atoms with Crippen molar-refractivity contribution in [3.05, 3.63) is 0 Å². The Hall–Kier alpha value is -0.810. The summed E-state index contributed by atoms with van der Waals surface area (Å²) in [5.41, 5.74) is 0. The molecule has 0 radical (unpaired) electrons. The summed E-state index contributed by atoms with van der Waals surface area (Å²) >= 11 is 0. The van der Waals surface area contributed by atoms with Gasteiger partial charge in [-0.15, -0.1) is 0 Å². The van der Waals surface area contributed by atoms with E-state index in [1.165, 1.54) is 12.8 Å². The van der Waals surface area contributed by atoms with E-state index in [0.717, 1.165) is 25.5 Å². The first-order valence-corrected chi connectivity index (χ1v) is 6.95. The molecule has 1 amide bonds. The molecule has 0 aromatic rings. The van der Waals surface area contributed by atoms with Crippen LogP contribution in [0, 0.1) is 5.92 Å². The highest BCUT2D eigenvalue weighted by Gasteiger charge is 2.33. The third-order valence-electron chi connectivity index (χ3n) is 3.70. The minimum absolute atomic E-state index is 0.0914. The standard InChI is InChI=1S/C13H24N2O3/c1-3-17-13(16)15-7-6-11(14-2)12(8-15)18-9-10-4-5-10/h10-12,14H,3-9H2,1-2H3. The van der Waals surface area contributed by atoms with Crippen LogP contribution in [0.4, 0.5) is 4.79 Å². The van der Waals surface area contributed by atoms with Gasteiger partial charge in [0.2, 0.25) is 0 Å². The Balaban J connectivity index is 1.83. The molecule has 5 nitrogen and oxygen atoms in total.